The van der Waals surface area contributed by atoms with Crippen LogP contribution < -0.4 is 0 Å². The predicted octanol–water partition coefficient (Wildman–Crippen LogP) is 4.20. The van der Waals surface area contributed by atoms with E-state index in [1.54, 1.807) is 0 Å². The average Bonchev–Trinajstić information content (AvgIpc) is 3.01. The van der Waals surface area contributed by atoms with E-state index in [1.165, 1.54) is 17.7 Å². The fraction of sp³-hybridized carbons (Fsp3) is 0.318. The van der Waals surface area contributed by atoms with Crippen molar-refractivity contribution in [2.45, 2.75) is 26.5 Å². The van der Waals surface area contributed by atoms with Gasteiger partial charge in [-0.25, -0.2) is 9.07 Å². The summed E-state index contributed by atoms with van der Waals surface area (Å²) in [7, 11) is 0. The summed E-state index contributed by atoms with van der Waals surface area (Å²) in [6.45, 7) is 7.34. The normalized spacial score (nSPS) is 18.0. The van der Waals surface area contributed by atoms with Crippen molar-refractivity contribution >= 4 is 0 Å². The first-order valence-electron chi connectivity index (χ1n) is 9.30. The Morgan fingerprint density at radius 2 is 1.81 bits per heavy atom. The fourth-order valence-electron chi connectivity index (χ4n) is 3.62. The molecule has 0 amide bonds. The molecule has 0 radical (unpaired) electrons. The Kier molecular flexibility index (Phi) is 5.05. The molecule has 2 aromatic carbocycles. The van der Waals surface area contributed by atoms with E-state index in [4.69, 9.17) is 4.74 Å². The SMILES string of the molecule is Cc1cc(C)n(-c2ccc(CN3CCO[C@H](c4ccc(F)cc4)C3)cc2)n1. The zero-order valence-corrected chi connectivity index (χ0v) is 15.7. The van der Waals surface area contributed by atoms with E-state index in [9.17, 15) is 4.39 Å². The Bertz CT molecular complexity index is 902. The highest BCUT2D eigenvalue weighted by molar-refractivity contribution is 5.36. The van der Waals surface area contributed by atoms with Crippen LogP contribution in [0.15, 0.2) is 54.6 Å². The second-order valence-corrected chi connectivity index (χ2v) is 7.15. The maximum atomic E-state index is 13.1. The lowest BCUT2D eigenvalue weighted by Crippen LogP contribution is -2.37. The van der Waals surface area contributed by atoms with Gasteiger partial charge in [0, 0.05) is 25.3 Å². The van der Waals surface area contributed by atoms with Gasteiger partial charge in [0.1, 0.15) is 5.82 Å². The summed E-state index contributed by atoms with van der Waals surface area (Å²) in [5.41, 5.74) is 5.53. The summed E-state index contributed by atoms with van der Waals surface area (Å²) in [6.07, 6.45) is -0.00618. The van der Waals surface area contributed by atoms with Crippen molar-refractivity contribution in [2.75, 3.05) is 19.7 Å². The summed E-state index contributed by atoms with van der Waals surface area (Å²) >= 11 is 0. The Morgan fingerprint density at radius 3 is 2.48 bits per heavy atom. The molecule has 0 unspecified atom stereocenters. The van der Waals surface area contributed by atoms with Gasteiger partial charge in [0.05, 0.1) is 24.1 Å². The van der Waals surface area contributed by atoms with Gasteiger partial charge in [-0.15, -0.1) is 0 Å². The van der Waals surface area contributed by atoms with Crippen molar-refractivity contribution < 1.29 is 9.13 Å². The average molecular weight is 365 g/mol. The molecule has 27 heavy (non-hydrogen) atoms. The number of aromatic nitrogens is 2. The van der Waals surface area contributed by atoms with E-state index in [2.05, 4.69) is 47.3 Å². The maximum absolute atomic E-state index is 13.1. The molecule has 1 aromatic heterocycles. The number of halogens is 1. The molecule has 1 aliphatic rings. The highest BCUT2D eigenvalue weighted by Crippen LogP contribution is 2.24. The zero-order valence-electron chi connectivity index (χ0n) is 15.7. The number of morpholine rings is 1. The molecule has 3 aromatic rings. The van der Waals surface area contributed by atoms with Crippen LogP contribution in [0.2, 0.25) is 0 Å². The Labute approximate surface area is 159 Å². The molecule has 5 heteroatoms. The van der Waals surface area contributed by atoms with E-state index < -0.39 is 0 Å². The molecule has 4 rings (SSSR count). The molecule has 0 spiro atoms. The molecular weight excluding hydrogens is 341 g/mol. The van der Waals surface area contributed by atoms with E-state index >= 15 is 0 Å². The summed E-state index contributed by atoms with van der Waals surface area (Å²) in [5, 5.41) is 4.54. The molecule has 2 heterocycles. The number of hydrogen-bond donors (Lipinski definition) is 0. The van der Waals surface area contributed by atoms with Crippen LogP contribution >= 0.6 is 0 Å². The summed E-state index contributed by atoms with van der Waals surface area (Å²) in [5.74, 6) is -0.214. The Hall–Kier alpha value is -2.50. The van der Waals surface area contributed by atoms with Crippen LogP contribution in [0.4, 0.5) is 4.39 Å². The molecule has 0 aliphatic carbocycles. The van der Waals surface area contributed by atoms with Crippen molar-refractivity contribution in [3.63, 3.8) is 0 Å². The highest BCUT2D eigenvalue weighted by Gasteiger charge is 2.22. The van der Waals surface area contributed by atoms with Gasteiger partial charge < -0.3 is 4.74 Å². The first-order chi connectivity index (χ1) is 13.1. The van der Waals surface area contributed by atoms with Crippen LogP contribution in [0.25, 0.3) is 5.69 Å². The van der Waals surface area contributed by atoms with Crippen molar-refractivity contribution in [1.29, 1.82) is 0 Å². The molecular formula is C22H24FN3O. The highest BCUT2D eigenvalue weighted by atomic mass is 19.1. The Balaban J connectivity index is 1.42. The van der Waals surface area contributed by atoms with Gasteiger partial charge in [-0.1, -0.05) is 24.3 Å². The second-order valence-electron chi connectivity index (χ2n) is 7.15. The minimum Gasteiger partial charge on any atom is -0.371 e. The molecule has 1 atom stereocenters. The smallest absolute Gasteiger partial charge is 0.123 e. The third kappa shape index (κ3) is 4.10. The number of aryl methyl sites for hydroxylation is 2. The second kappa shape index (κ2) is 7.62. The van der Waals surface area contributed by atoms with E-state index in [1.807, 2.05) is 23.7 Å². The number of hydrogen-bond acceptors (Lipinski definition) is 3. The summed E-state index contributed by atoms with van der Waals surface area (Å²) in [6, 6.07) is 17.3. The molecule has 1 fully saturated rings. The monoisotopic (exact) mass is 365 g/mol. The number of ether oxygens (including phenoxy) is 1. The number of benzene rings is 2. The molecule has 0 N–H and O–H groups in total. The minimum absolute atomic E-state index is 0.00618. The van der Waals surface area contributed by atoms with Gasteiger partial charge in [0.25, 0.3) is 0 Å². The largest absolute Gasteiger partial charge is 0.371 e. The van der Waals surface area contributed by atoms with Gasteiger partial charge in [0.2, 0.25) is 0 Å². The van der Waals surface area contributed by atoms with Crippen LogP contribution in [-0.2, 0) is 11.3 Å². The summed E-state index contributed by atoms with van der Waals surface area (Å²) in [4.78, 5) is 2.38. The van der Waals surface area contributed by atoms with E-state index in [0.717, 1.165) is 42.3 Å². The quantitative estimate of drug-likeness (QED) is 0.694. The van der Waals surface area contributed by atoms with Crippen LogP contribution in [-0.4, -0.2) is 34.4 Å². The van der Waals surface area contributed by atoms with Crippen LogP contribution in [0.3, 0.4) is 0 Å². The molecule has 0 saturated carbocycles. The Morgan fingerprint density at radius 1 is 1.07 bits per heavy atom. The third-order valence-electron chi connectivity index (χ3n) is 4.99. The summed E-state index contributed by atoms with van der Waals surface area (Å²) < 4.78 is 21.0. The van der Waals surface area contributed by atoms with Gasteiger partial charge in [-0.2, -0.15) is 5.10 Å². The van der Waals surface area contributed by atoms with Crippen molar-refractivity contribution in [3.05, 3.63) is 82.9 Å². The van der Waals surface area contributed by atoms with Gasteiger partial charge in [-0.05, 0) is 55.3 Å². The molecule has 1 aliphatic heterocycles. The van der Waals surface area contributed by atoms with Crippen LogP contribution in [0.1, 0.15) is 28.6 Å². The molecule has 140 valence electrons. The topological polar surface area (TPSA) is 30.3 Å². The lowest BCUT2D eigenvalue weighted by Gasteiger charge is -2.33. The van der Waals surface area contributed by atoms with Gasteiger partial charge in [-0.3, -0.25) is 4.90 Å². The van der Waals surface area contributed by atoms with E-state index in [0.29, 0.717) is 6.61 Å². The standard InChI is InChI=1S/C22H24FN3O/c1-16-13-17(2)26(24-16)21-9-3-18(4-10-21)14-25-11-12-27-22(15-25)19-5-7-20(23)8-6-19/h3-10,13,22H,11-12,14-15H2,1-2H3/t22-/m0/s1. The molecule has 1 saturated heterocycles. The van der Waals surface area contributed by atoms with Crippen molar-refractivity contribution in [2.24, 2.45) is 0 Å². The number of rotatable bonds is 4. The van der Waals surface area contributed by atoms with Gasteiger partial charge in [0.15, 0.2) is 0 Å². The van der Waals surface area contributed by atoms with Crippen LogP contribution in [0.5, 0.6) is 0 Å². The van der Waals surface area contributed by atoms with Crippen LogP contribution in [0, 0.1) is 19.7 Å². The number of nitrogens with zero attached hydrogens (tertiary/aromatic N) is 3. The minimum atomic E-state index is -0.214. The third-order valence-corrected chi connectivity index (χ3v) is 4.99. The van der Waals surface area contributed by atoms with Crippen molar-refractivity contribution in [3.8, 4) is 5.69 Å². The van der Waals surface area contributed by atoms with E-state index in [-0.39, 0.29) is 11.9 Å². The first kappa shape index (κ1) is 17.9. The fourth-order valence-corrected chi connectivity index (χ4v) is 3.62. The molecule has 4 nitrogen and oxygen atoms in total. The maximum Gasteiger partial charge on any atom is 0.123 e. The predicted molar refractivity (Wildman–Crippen MR) is 103 cm³/mol. The lowest BCUT2D eigenvalue weighted by molar-refractivity contribution is -0.0329. The molecule has 0 bridgehead atoms. The first-order valence-corrected chi connectivity index (χ1v) is 9.30. The van der Waals surface area contributed by atoms with Crippen molar-refractivity contribution in [1.82, 2.24) is 14.7 Å². The van der Waals surface area contributed by atoms with Gasteiger partial charge >= 0.3 is 0 Å². The zero-order chi connectivity index (χ0) is 18.8. The lowest BCUT2D eigenvalue weighted by atomic mass is 10.1.